The Hall–Kier alpha value is -0.860. The normalized spacial score (nSPS) is 15.0. The first-order valence-corrected chi connectivity index (χ1v) is 6.42. The maximum absolute atomic E-state index is 10.1. The molecule has 0 heterocycles. The van der Waals surface area contributed by atoms with Gasteiger partial charge in [0.25, 0.3) is 0 Å². The van der Waals surface area contributed by atoms with Crippen LogP contribution in [0.15, 0.2) is 18.2 Å². The van der Waals surface area contributed by atoms with Gasteiger partial charge < -0.3 is 10.8 Å². The molecule has 3 N–H and O–H groups in total. The van der Waals surface area contributed by atoms with Crippen LogP contribution in [0.3, 0.4) is 0 Å². The van der Waals surface area contributed by atoms with Gasteiger partial charge >= 0.3 is 0 Å². The second-order valence-electron chi connectivity index (χ2n) is 5.42. The zero-order valence-corrected chi connectivity index (χ0v) is 11.4. The lowest BCUT2D eigenvalue weighted by Gasteiger charge is -2.22. The summed E-state index contributed by atoms with van der Waals surface area (Å²) in [4.78, 5) is 0. The molecule has 0 bridgehead atoms. The van der Waals surface area contributed by atoms with Crippen molar-refractivity contribution in [3.8, 4) is 0 Å². The van der Waals surface area contributed by atoms with Crippen LogP contribution in [-0.2, 0) is 0 Å². The second kappa shape index (κ2) is 6.18. The van der Waals surface area contributed by atoms with E-state index in [-0.39, 0.29) is 6.04 Å². The van der Waals surface area contributed by atoms with Crippen molar-refractivity contribution in [3.05, 3.63) is 34.9 Å². The molecule has 1 aromatic carbocycles. The third-order valence-electron chi connectivity index (χ3n) is 3.25. The molecule has 0 aliphatic rings. The summed E-state index contributed by atoms with van der Waals surface area (Å²) in [5.74, 6) is 0.607. The fourth-order valence-corrected chi connectivity index (χ4v) is 2.01. The van der Waals surface area contributed by atoms with E-state index >= 15 is 0 Å². The van der Waals surface area contributed by atoms with E-state index in [4.69, 9.17) is 5.73 Å². The summed E-state index contributed by atoms with van der Waals surface area (Å²) in [6.45, 7) is 8.42. The molecule has 2 heteroatoms. The Labute approximate surface area is 105 Å². The van der Waals surface area contributed by atoms with Crippen molar-refractivity contribution < 1.29 is 5.11 Å². The minimum atomic E-state index is -0.446. The lowest BCUT2D eigenvalue weighted by atomic mass is 9.92. The van der Waals surface area contributed by atoms with E-state index in [1.807, 2.05) is 6.92 Å². The molecule has 0 radical (unpaired) electrons. The van der Waals surface area contributed by atoms with Gasteiger partial charge in [0.1, 0.15) is 0 Å². The van der Waals surface area contributed by atoms with Gasteiger partial charge in [-0.3, -0.25) is 0 Å². The van der Waals surface area contributed by atoms with E-state index in [0.29, 0.717) is 5.92 Å². The number of benzene rings is 1. The molecule has 0 aromatic heterocycles. The first-order chi connectivity index (χ1) is 7.91. The molecule has 0 fully saturated rings. The molecule has 2 nitrogen and oxygen atoms in total. The monoisotopic (exact) mass is 235 g/mol. The molecular formula is C15H25NO. The topological polar surface area (TPSA) is 46.2 Å². The van der Waals surface area contributed by atoms with Crippen LogP contribution >= 0.6 is 0 Å². The molecule has 1 aromatic rings. The van der Waals surface area contributed by atoms with Crippen molar-refractivity contribution in [1.82, 2.24) is 0 Å². The van der Waals surface area contributed by atoms with Crippen molar-refractivity contribution in [2.75, 3.05) is 0 Å². The minimum Gasteiger partial charge on any atom is -0.391 e. The van der Waals surface area contributed by atoms with Crippen LogP contribution in [0.5, 0.6) is 0 Å². The van der Waals surface area contributed by atoms with Gasteiger partial charge in [0.2, 0.25) is 0 Å². The van der Waals surface area contributed by atoms with Gasteiger partial charge in [-0.2, -0.15) is 0 Å². The number of rotatable bonds is 5. The van der Waals surface area contributed by atoms with Gasteiger partial charge in [0.05, 0.1) is 12.1 Å². The van der Waals surface area contributed by atoms with Crippen LogP contribution in [0.2, 0.25) is 0 Å². The summed E-state index contributed by atoms with van der Waals surface area (Å²) in [6.07, 6.45) is 1.34. The number of hydrogen-bond acceptors (Lipinski definition) is 2. The first kappa shape index (κ1) is 14.2. The van der Waals surface area contributed by atoms with E-state index in [2.05, 4.69) is 39.0 Å². The molecule has 0 spiro atoms. The van der Waals surface area contributed by atoms with Gasteiger partial charge in [0.15, 0.2) is 0 Å². The van der Waals surface area contributed by atoms with Gasteiger partial charge in [0, 0.05) is 0 Å². The molecule has 1 rings (SSSR count). The third kappa shape index (κ3) is 4.14. The summed E-state index contributed by atoms with van der Waals surface area (Å²) in [5, 5.41) is 10.1. The fraction of sp³-hybridized carbons (Fsp3) is 0.600. The van der Waals surface area contributed by atoms with Crippen LogP contribution < -0.4 is 5.73 Å². The maximum atomic E-state index is 10.1. The fourth-order valence-electron chi connectivity index (χ4n) is 2.01. The lowest BCUT2D eigenvalue weighted by molar-refractivity contribution is 0.128. The van der Waals surface area contributed by atoms with Crippen molar-refractivity contribution in [3.63, 3.8) is 0 Å². The first-order valence-electron chi connectivity index (χ1n) is 6.42. The predicted molar refractivity (Wildman–Crippen MR) is 72.9 cm³/mol. The standard InChI is InChI=1S/C15H25NO/c1-10(2)5-8-14(17)15(16)13-9-11(3)6-7-12(13)4/h6-7,9-10,14-15,17H,5,8,16H2,1-4H3/t14-,15+/m0/s1. The highest BCUT2D eigenvalue weighted by Gasteiger charge is 2.18. The molecule has 0 aliphatic carbocycles. The maximum Gasteiger partial charge on any atom is 0.0733 e. The summed E-state index contributed by atoms with van der Waals surface area (Å²) in [7, 11) is 0. The molecule has 0 saturated heterocycles. The Bertz CT molecular complexity index is 360. The smallest absolute Gasteiger partial charge is 0.0733 e. The quantitative estimate of drug-likeness (QED) is 0.823. The molecular weight excluding hydrogens is 210 g/mol. The summed E-state index contributed by atoms with van der Waals surface area (Å²) >= 11 is 0. The zero-order valence-electron chi connectivity index (χ0n) is 11.4. The molecule has 0 aliphatic heterocycles. The average molecular weight is 235 g/mol. The van der Waals surface area contributed by atoms with Gasteiger partial charge in [-0.05, 0) is 43.7 Å². The number of aryl methyl sites for hydroxylation is 2. The Morgan fingerprint density at radius 1 is 1.18 bits per heavy atom. The molecule has 0 amide bonds. The third-order valence-corrected chi connectivity index (χ3v) is 3.25. The van der Waals surface area contributed by atoms with Gasteiger partial charge in [-0.25, -0.2) is 0 Å². The van der Waals surface area contributed by atoms with Crippen molar-refractivity contribution >= 4 is 0 Å². The average Bonchev–Trinajstić information content (AvgIpc) is 2.28. The van der Waals surface area contributed by atoms with Crippen LogP contribution in [0.1, 0.15) is 49.4 Å². The Balaban J connectivity index is 2.74. The predicted octanol–water partition coefficient (Wildman–Crippen LogP) is 3.10. The summed E-state index contributed by atoms with van der Waals surface area (Å²) < 4.78 is 0. The highest BCUT2D eigenvalue weighted by molar-refractivity contribution is 5.33. The summed E-state index contributed by atoms with van der Waals surface area (Å²) in [6, 6.07) is 5.96. The Morgan fingerprint density at radius 2 is 1.82 bits per heavy atom. The molecule has 2 atom stereocenters. The van der Waals surface area contributed by atoms with E-state index < -0.39 is 6.10 Å². The molecule has 0 saturated carbocycles. The number of aliphatic hydroxyl groups is 1. The van der Waals surface area contributed by atoms with E-state index in [0.717, 1.165) is 24.0 Å². The van der Waals surface area contributed by atoms with Crippen molar-refractivity contribution in [1.29, 1.82) is 0 Å². The van der Waals surface area contributed by atoms with Crippen LogP contribution in [0, 0.1) is 19.8 Å². The molecule has 0 unspecified atom stereocenters. The lowest BCUT2D eigenvalue weighted by Crippen LogP contribution is -2.27. The Kier molecular flexibility index (Phi) is 5.16. The van der Waals surface area contributed by atoms with Crippen molar-refractivity contribution in [2.24, 2.45) is 11.7 Å². The highest BCUT2D eigenvalue weighted by atomic mass is 16.3. The van der Waals surface area contributed by atoms with Crippen LogP contribution in [0.4, 0.5) is 0 Å². The van der Waals surface area contributed by atoms with E-state index in [9.17, 15) is 5.11 Å². The zero-order chi connectivity index (χ0) is 13.0. The number of aliphatic hydroxyl groups excluding tert-OH is 1. The van der Waals surface area contributed by atoms with E-state index in [1.165, 1.54) is 5.56 Å². The summed E-state index contributed by atoms with van der Waals surface area (Å²) in [5.41, 5.74) is 9.57. The number of nitrogens with two attached hydrogens (primary N) is 1. The van der Waals surface area contributed by atoms with Crippen LogP contribution in [0.25, 0.3) is 0 Å². The second-order valence-corrected chi connectivity index (χ2v) is 5.42. The molecule has 17 heavy (non-hydrogen) atoms. The molecule has 96 valence electrons. The van der Waals surface area contributed by atoms with Crippen LogP contribution in [-0.4, -0.2) is 11.2 Å². The largest absolute Gasteiger partial charge is 0.391 e. The highest BCUT2D eigenvalue weighted by Crippen LogP contribution is 2.23. The van der Waals surface area contributed by atoms with Gasteiger partial charge in [-0.15, -0.1) is 0 Å². The minimum absolute atomic E-state index is 0.270. The Morgan fingerprint density at radius 3 is 2.41 bits per heavy atom. The SMILES string of the molecule is Cc1ccc(C)c([C@@H](N)[C@@H](O)CCC(C)C)c1. The number of hydrogen-bond donors (Lipinski definition) is 2. The van der Waals surface area contributed by atoms with Crippen molar-refractivity contribution in [2.45, 2.75) is 52.7 Å². The van der Waals surface area contributed by atoms with Gasteiger partial charge in [-0.1, -0.05) is 37.6 Å². The van der Waals surface area contributed by atoms with E-state index in [1.54, 1.807) is 0 Å².